The highest BCUT2D eigenvalue weighted by Crippen LogP contribution is 2.40. The highest BCUT2D eigenvalue weighted by molar-refractivity contribution is 5.32. The standard InChI is InChI=1S/C16H24O2/c1-12(2)18-15-6-4-5-14(11-15)16(17)9-7-13(3)8-10-16/h4-6,11-13,17H,7-10H2,1-3H3. The van der Waals surface area contributed by atoms with E-state index in [1.165, 1.54) is 0 Å². The van der Waals surface area contributed by atoms with Crippen molar-refractivity contribution in [2.24, 2.45) is 5.92 Å². The van der Waals surface area contributed by atoms with Gasteiger partial charge in [-0.3, -0.25) is 0 Å². The molecule has 1 aliphatic rings. The van der Waals surface area contributed by atoms with Crippen molar-refractivity contribution < 1.29 is 9.84 Å². The summed E-state index contributed by atoms with van der Waals surface area (Å²) in [7, 11) is 0. The van der Waals surface area contributed by atoms with E-state index in [4.69, 9.17) is 4.74 Å². The first-order valence-corrected chi connectivity index (χ1v) is 6.99. The molecular formula is C16H24O2. The topological polar surface area (TPSA) is 29.5 Å². The number of hydrogen-bond donors (Lipinski definition) is 1. The average Bonchev–Trinajstić information content (AvgIpc) is 2.33. The van der Waals surface area contributed by atoms with Gasteiger partial charge in [-0.1, -0.05) is 19.1 Å². The molecule has 0 heterocycles. The van der Waals surface area contributed by atoms with Crippen molar-refractivity contribution in [2.45, 2.75) is 58.2 Å². The van der Waals surface area contributed by atoms with E-state index in [0.29, 0.717) is 0 Å². The predicted octanol–water partition coefficient (Wildman–Crippen LogP) is 3.87. The van der Waals surface area contributed by atoms with Crippen LogP contribution in [-0.4, -0.2) is 11.2 Å². The fourth-order valence-electron chi connectivity index (χ4n) is 2.66. The SMILES string of the molecule is CC1CCC(O)(c2cccc(OC(C)C)c2)CC1. The van der Waals surface area contributed by atoms with Gasteiger partial charge in [0.2, 0.25) is 0 Å². The molecule has 1 fully saturated rings. The number of hydrogen-bond acceptors (Lipinski definition) is 2. The molecule has 100 valence electrons. The summed E-state index contributed by atoms with van der Waals surface area (Å²) in [4.78, 5) is 0. The summed E-state index contributed by atoms with van der Waals surface area (Å²) in [6, 6.07) is 7.94. The molecule has 0 unspecified atom stereocenters. The highest BCUT2D eigenvalue weighted by atomic mass is 16.5. The van der Waals surface area contributed by atoms with Gasteiger partial charge in [-0.2, -0.15) is 0 Å². The van der Waals surface area contributed by atoms with Gasteiger partial charge in [0.15, 0.2) is 0 Å². The zero-order chi connectivity index (χ0) is 13.2. The lowest BCUT2D eigenvalue weighted by atomic mass is 9.76. The first-order valence-electron chi connectivity index (χ1n) is 6.99. The van der Waals surface area contributed by atoms with Gasteiger partial charge in [-0.15, -0.1) is 0 Å². The van der Waals surface area contributed by atoms with Gasteiger partial charge in [0.25, 0.3) is 0 Å². The minimum atomic E-state index is -0.650. The maximum absolute atomic E-state index is 10.8. The zero-order valence-electron chi connectivity index (χ0n) is 11.6. The molecule has 1 saturated carbocycles. The second-order valence-corrected chi connectivity index (χ2v) is 5.91. The molecule has 0 amide bonds. The van der Waals surface area contributed by atoms with Crippen molar-refractivity contribution in [3.05, 3.63) is 29.8 Å². The van der Waals surface area contributed by atoms with E-state index in [-0.39, 0.29) is 6.10 Å². The van der Waals surface area contributed by atoms with Crippen LogP contribution < -0.4 is 4.74 Å². The number of ether oxygens (including phenoxy) is 1. The van der Waals surface area contributed by atoms with Gasteiger partial charge in [-0.05, 0) is 63.1 Å². The quantitative estimate of drug-likeness (QED) is 0.879. The molecule has 0 saturated heterocycles. The van der Waals surface area contributed by atoms with Crippen molar-refractivity contribution in [3.63, 3.8) is 0 Å². The third kappa shape index (κ3) is 3.05. The number of benzene rings is 1. The molecule has 0 aromatic heterocycles. The smallest absolute Gasteiger partial charge is 0.120 e. The van der Waals surface area contributed by atoms with Gasteiger partial charge >= 0.3 is 0 Å². The second kappa shape index (κ2) is 5.31. The summed E-state index contributed by atoms with van der Waals surface area (Å²) in [5, 5.41) is 10.8. The molecule has 2 heteroatoms. The lowest BCUT2D eigenvalue weighted by molar-refractivity contribution is -0.0122. The summed E-state index contributed by atoms with van der Waals surface area (Å²) in [6.45, 7) is 6.30. The van der Waals surface area contributed by atoms with Crippen molar-refractivity contribution in [1.82, 2.24) is 0 Å². The van der Waals surface area contributed by atoms with Gasteiger partial charge in [0.05, 0.1) is 11.7 Å². The van der Waals surface area contributed by atoms with Crippen LogP contribution in [0, 0.1) is 5.92 Å². The Hall–Kier alpha value is -1.02. The molecule has 18 heavy (non-hydrogen) atoms. The largest absolute Gasteiger partial charge is 0.491 e. The maximum atomic E-state index is 10.8. The van der Waals surface area contributed by atoms with E-state index in [1.54, 1.807) is 0 Å². The number of aliphatic hydroxyl groups is 1. The van der Waals surface area contributed by atoms with Gasteiger partial charge in [-0.25, -0.2) is 0 Å². The van der Waals surface area contributed by atoms with Crippen LogP contribution in [0.25, 0.3) is 0 Å². The lowest BCUT2D eigenvalue weighted by Crippen LogP contribution is -2.30. The van der Waals surface area contributed by atoms with Crippen LogP contribution in [0.4, 0.5) is 0 Å². The summed E-state index contributed by atoms with van der Waals surface area (Å²) < 4.78 is 5.70. The molecule has 0 bridgehead atoms. The second-order valence-electron chi connectivity index (χ2n) is 5.91. The fourth-order valence-corrected chi connectivity index (χ4v) is 2.66. The van der Waals surface area contributed by atoms with Crippen LogP contribution in [0.15, 0.2) is 24.3 Å². The Bertz CT molecular complexity index is 390. The fraction of sp³-hybridized carbons (Fsp3) is 0.625. The molecule has 1 N–H and O–H groups in total. The summed E-state index contributed by atoms with van der Waals surface area (Å²) in [5.74, 6) is 1.59. The van der Waals surface area contributed by atoms with Crippen molar-refractivity contribution in [1.29, 1.82) is 0 Å². The van der Waals surface area contributed by atoms with Crippen molar-refractivity contribution in [2.75, 3.05) is 0 Å². The van der Waals surface area contributed by atoms with E-state index in [2.05, 4.69) is 6.92 Å². The van der Waals surface area contributed by atoms with Crippen LogP contribution >= 0.6 is 0 Å². The van der Waals surface area contributed by atoms with Crippen LogP contribution in [0.2, 0.25) is 0 Å². The molecule has 1 aromatic rings. The summed E-state index contributed by atoms with van der Waals surface area (Å²) in [6.07, 6.45) is 4.09. The summed E-state index contributed by atoms with van der Waals surface area (Å²) in [5.41, 5.74) is 0.357. The Morgan fingerprint density at radius 1 is 1.28 bits per heavy atom. The first-order chi connectivity index (χ1) is 8.49. The number of rotatable bonds is 3. The van der Waals surface area contributed by atoms with E-state index in [0.717, 1.165) is 42.9 Å². The van der Waals surface area contributed by atoms with Gasteiger partial charge in [0.1, 0.15) is 5.75 Å². The Morgan fingerprint density at radius 3 is 2.56 bits per heavy atom. The molecule has 0 spiro atoms. The van der Waals surface area contributed by atoms with Gasteiger partial charge < -0.3 is 9.84 Å². The third-order valence-electron chi connectivity index (χ3n) is 3.84. The van der Waals surface area contributed by atoms with Crippen LogP contribution in [0.5, 0.6) is 5.75 Å². The van der Waals surface area contributed by atoms with E-state index in [9.17, 15) is 5.11 Å². The lowest BCUT2D eigenvalue weighted by Gasteiger charge is -2.35. The third-order valence-corrected chi connectivity index (χ3v) is 3.84. The van der Waals surface area contributed by atoms with Crippen LogP contribution in [0.3, 0.4) is 0 Å². The normalized spacial score (nSPS) is 28.4. The van der Waals surface area contributed by atoms with Crippen molar-refractivity contribution >= 4 is 0 Å². The molecule has 0 radical (unpaired) electrons. The molecule has 0 aliphatic heterocycles. The zero-order valence-corrected chi connectivity index (χ0v) is 11.6. The van der Waals surface area contributed by atoms with Crippen molar-refractivity contribution in [3.8, 4) is 5.75 Å². The summed E-state index contributed by atoms with van der Waals surface area (Å²) >= 11 is 0. The minimum Gasteiger partial charge on any atom is -0.491 e. The Kier molecular flexibility index (Phi) is 3.96. The maximum Gasteiger partial charge on any atom is 0.120 e. The minimum absolute atomic E-state index is 0.168. The average molecular weight is 248 g/mol. The molecule has 2 nitrogen and oxygen atoms in total. The van der Waals surface area contributed by atoms with E-state index < -0.39 is 5.60 Å². The highest BCUT2D eigenvalue weighted by Gasteiger charge is 2.33. The Morgan fingerprint density at radius 2 is 1.94 bits per heavy atom. The molecule has 0 atom stereocenters. The Balaban J connectivity index is 2.17. The monoisotopic (exact) mass is 248 g/mol. The van der Waals surface area contributed by atoms with E-state index in [1.807, 2.05) is 38.1 Å². The van der Waals surface area contributed by atoms with E-state index >= 15 is 0 Å². The van der Waals surface area contributed by atoms with Crippen LogP contribution in [0.1, 0.15) is 52.0 Å². The van der Waals surface area contributed by atoms with Gasteiger partial charge in [0, 0.05) is 0 Å². The molecule has 1 aromatic carbocycles. The molecular weight excluding hydrogens is 224 g/mol. The van der Waals surface area contributed by atoms with Crippen LogP contribution in [-0.2, 0) is 5.60 Å². The predicted molar refractivity (Wildman–Crippen MR) is 73.7 cm³/mol. The molecule has 1 aliphatic carbocycles. The molecule has 2 rings (SSSR count). The Labute approximate surface area is 110 Å². The first kappa shape index (κ1) is 13.4.